The molecule has 0 saturated heterocycles. The first-order valence-electron chi connectivity index (χ1n) is 8.93. The van der Waals surface area contributed by atoms with Gasteiger partial charge in [-0.15, -0.1) is 0 Å². The van der Waals surface area contributed by atoms with Gasteiger partial charge in [0.2, 0.25) is 0 Å². The number of nitrogens with zero attached hydrogens (tertiary/aromatic N) is 1. The second-order valence-corrected chi connectivity index (χ2v) is 6.91. The molecule has 4 rings (SSSR count). The lowest BCUT2D eigenvalue weighted by Crippen LogP contribution is -1.97. The lowest BCUT2D eigenvalue weighted by atomic mass is 10.0. The molecule has 0 fully saturated rings. The van der Waals surface area contributed by atoms with Gasteiger partial charge in [0, 0.05) is 17.7 Å². The molecule has 0 spiro atoms. The maximum absolute atomic E-state index is 9.58. The van der Waals surface area contributed by atoms with E-state index in [-0.39, 0.29) is 16.7 Å². The molecule has 1 heterocycles. The van der Waals surface area contributed by atoms with E-state index >= 15 is 0 Å². The molecule has 4 aromatic rings. The van der Waals surface area contributed by atoms with Crippen LogP contribution in [0.1, 0.15) is 16.7 Å². The van der Waals surface area contributed by atoms with E-state index in [2.05, 4.69) is 11.2 Å². The zero-order valence-electron chi connectivity index (χ0n) is 15.3. The molecule has 6 heteroatoms. The Morgan fingerprint density at radius 2 is 1.76 bits per heavy atom. The van der Waals surface area contributed by atoms with Gasteiger partial charge in [-0.3, -0.25) is 0 Å². The minimum atomic E-state index is -0.131. The summed E-state index contributed by atoms with van der Waals surface area (Å²) in [5.74, 6) is 0.693. The van der Waals surface area contributed by atoms with Gasteiger partial charge < -0.3 is 19.5 Å². The molecular weight excluding hydrogens is 390 g/mol. The number of benzene rings is 3. The van der Waals surface area contributed by atoms with Crippen molar-refractivity contribution in [1.29, 1.82) is 0 Å². The topological polar surface area (TPSA) is 75.7 Å². The van der Waals surface area contributed by atoms with Gasteiger partial charge in [-0.1, -0.05) is 54.1 Å². The summed E-state index contributed by atoms with van der Waals surface area (Å²) in [7, 11) is 0. The molecule has 0 saturated carbocycles. The number of aromatic nitrogens is 1. The van der Waals surface area contributed by atoms with Gasteiger partial charge in [0.1, 0.15) is 23.1 Å². The van der Waals surface area contributed by atoms with Gasteiger partial charge in [-0.05, 0) is 46.5 Å². The number of hydrogen-bond donors (Lipinski definition) is 2. The minimum absolute atomic E-state index is 0.123. The SMILES string of the molecule is Oc1cc(-c2cccc(Cc3ccc(COc4cc[c]c(O)c4Cl)cc3)c2)on1. The summed E-state index contributed by atoms with van der Waals surface area (Å²) in [6.45, 7) is 0.341. The van der Waals surface area contributed by atoms with Crippen molar-refractivity contribution in [1.82, 2.24) is 5.16 Å². The molecule has 3 aromatic carbocycles. The van der Waals surface area contributed by atoms with Crippen molar-refractivity contribution < 1.29 is 19.5 Å². The van der Waals surface area contributed by atoms with E-state index in [1.165, 1.54) is 6.07 Å². The quantitative estimate of drug-likeness (QED) is 0.450. The van der Waals surface area contributed by atoms with Crippen molar-refractivity contribution in [2.24, 2.45) is 0 Å². The number of hydrogen-bond acceptors (Lipinski definition) is 5. The van der Waals surface area contributed by atoms with Crippen LogP contribution in [-0.2, 0) is 13.0 Å². The molecule has 1 aromatic heterocycles. The maximum Gasteiger partial charge on any atom is 0.252 e. The smallest absolute Gasteiger partial charge is 0.252 e. The summed E-state index contributed by atoms with van der Waals surface area (Å²) in [4.78, 5) is 0. The van der Waals surface area contributed by atoms with E-state index in [9.17, 15) is 10.2 Å². The van der Waals surface area contributed by atoms with Crippen LogP contribution in [0, 0.1) is 6.07 Å². The van der Waals surface area contributed by atoms with Crippen molar-refractivity contribution in [3.8, 4) is 28.7 Å². The minimum Gasteiger partial charge on any atom is -0.506 e. The van der Waals surface area contributed by atoms with Crippen molar-refractivity contribution in [3.63, 3.8) is 0 Å². The molecule has 29 heavy (non-hydrogen) atoms. The Kier molecular flexibility index (Phi) is 5.40. The van der Waals surface area contributed by atoms with Crippen molar-refractivity contribution >= 4 is 11.6 Å². The average molecular weight is 407 g/mol. The predicted molar refractivity (Wildman–Crippen MR) is 109 cm³/mol. The number of aromatic hydroxyl groups is 2. The monoisotopic (exact) mass is 406 g/mol. The van der Waals surface area contributed by atoms with E-state index in [4.69, 9.17) is 20.9 Å². The van der Waals surface area contributed by atoms with Gasteiger partial charge >= 0.3 is 0 Å². The highest BCUT2D eigenvalue weighted by Gasteiger charge is 2.08. The summed E-state index contributed by atoms with van der Waals surface area (Å²) >= 11 is 6.00. The highest BCUT2D eigenvalue weighted by molar-refractivity contribution is 6.33. The van der Waals surface area contributed by atoms with Crippen molar-refractivity contribution in [3.05, 3.63) is 94.5 Å². The molecule has 145 valence electrons. The molecule has 0 amide bonds. The van der Waals surface area contributed by atoms with E-state index in [1.807, 2.05) is 48.5 Å². The van der Waals surface area contributed by atoms with Gasteiger partial charge in [-0.2, -0.15) is 0 Å². The van der Waals surface area contributed by atoms with Crippen LogP contribution in [0.2, 0.25) is 5.02 Å². The van der Waals surface area contributed by atoms with E-state index in [0.29, 0.717) is 18.1 Å². The first-order chi connectivity index (χ1) is 14.1. The third kappa shape index (κ3) is 4.52. The number of phenolic OH excluding ortho intramolecular Hbond substituents is 1. The number of ether oxygens (including phenoxy) is 1. The van der Waals surface area contributed by atoms with Gasteiger partial charge in [0.15, 0.2) is 5.76 Å². The molecule has 1 radical (unpaired) electrons. The fraction of sp³-hybridized carbons (Fsp3) is 0.0870. The summed E-state index contributed by atoms with van der Waals surface area (Å²) in [5.41, 5.74) is 4.12. The third-order valence-corrected chi connectivity index (χ3v) is 4.78. The highest BCUT2D eigenvalue weighted by atomic mass is 35.5. The van der Waals surface area contributed by atoms with E-state index < -0.39 is 0 Å². The molecule has 2 N–H and O–H groups in total. The highest BCUT2D eigenvalue weighted by Crippen LogP contribution is 2.32. The largest absolute Gasteiger partial charge is 0.506 e. The molecule has 0 aliphatic heterocycles. The second kappa shape index (κ2) is 8.29. The molecule has 0 aliphatic carbocycles. The zero-order chi connectivity index (χ0) is 20.2. The standard InChI is InChI=1S/C23H17ClNO4/c24-23-19(26)5-2-6-20(23)28-14-16-9-7-15(8-10-16)11-17-3-1-4-18(12-17)21-13-22(27)25-29-21/h1-4,6-10,12-13,26H,11,14H2,(H,25,27). The summed E-state index contributed by atoms with van der Waals surface area (Å²) in [5, 5.41) is 22.6. The van der Waals surface area contributed by atoms with Crippen LogP contribution in [-0.4, -0.2) is 15.4 Å². The lowest BCUT2D eigenvalue weighted by Gasteiger charge is -2.09. The van der Waals surface area contributed by atoms with Crippen LogP contribution in [0.3, 0.4) is 0 Å². The normalized spacial score (nSPS) is 10.8. The van der Waals surface area contributed by atoms with E-state index in [0.717, 1.165) is 28.7 Å². The summed E-state index contributed by atoms with van der Waals surface area (Å²) in [6, 6.07) is 23.3. The Morgan fingerprint density at radius 1 is 0.966 bits per heavy atom. The van der Waals surface area contributed by atoms with Gasteiger partial charge in [0.05, 0.1) is 0 Å². The average Bonchev–Trinajstić information content (AvgIpc) is 3.17. The zero-order valence-corrected chi connectivity index (χ0v) is 16.1. The van der Waals surface area contributed by atoms with Crippen molar-refractivity contribution in [2.45, 2.75) is 13.0 Å². The predicted octanol–water partition coefficient (Wildman–Crippen LogP) is 5.38. The Bertz CT molecular complexity index is 1120. The van der Waals surface area contributed by atoms with Crippen LogP contribution in [0.4, 0.5) is 0 Å². The number of phenols is 1. The van der Waals surface area contributed by atoms with Crippen LogP contribution in [0.25, 0.3) is 11.3 Å². The molecule has 0 atom stereocenters. The summed E-state index contributed by atoms with van der Waals surface area (Å²) < 4.78 is 10.8. The molecule has 0 bridgehead atoms. The Hall–Kier alpha value is -3.44. The fourth-order valence-corrected chi connectivity index (χ4v) is 3.12. The number of halogens is 1. The first-order valence-corrected chi connectivity index (χ1v) is 9.31. The molecule has 0 unspecified atom stereocenters. The van der Waals surface area contributed by atoms with Crippen molar-refractivity contribution in [2.75, 3.05) is 0 Å². The van der Waals surface area contributed by atoms with E-state index in [1.54, 1.807) is 12.1 Å². The third-order valence-electron chi connectivity index (χ3n) is 4.41. The van der Waals surface area contributed by atoms with Crippen LogP contribution in [0.15, 0.2) is 71.3 Å². The van der Waals surface area contributed by atoms with Crippen LogP contribution >= 0.6 is 11.6 Å². The van der Waals surface area contributed by atoms with Gasteiger partial charge in [0.25, 0.3) is 5.88 Å². The lowest BCUT2D eigenvalue weighted by molar-refractivity contribution is 0.304. The Labute approximate surface area is 172 Å². The number of rotatable bonds is 6. The second-order valence-electron chi connectivity index (χ2n) is 6.54. The van der Waals surface area contributed by atoms with Crippen LogP contribution in [0.5, 0.6) is 17.4 Å². The van der Waals surface area contributed by atoms with Crippen LogP contribution < -0.4 is 4.74 Å². The summed E-state index contributed by atoms with van der Waals surface area (Å²) in [6.07, 6.45) is 0.753. The Balaban J connectivity index is 1.41. The Morgan fingerprint density at radius 3 is 2.52 bits per heavy atom. The fourth-order valence-electron chi connectivity index (χ4n) is 2.95. The molecule has 5 nitrogen and oxygen atoms in total. The van der Waals surface area contributed by atoms with Gasteiger partial charge in [-0.25, -0.2) is 0 Å². The first kappa shape index (κ1) is 18.9. The maximum atomic E-state index is 9.58. The molecular formula is C23H17ClNO4. The molecule has 0 aliphatic rings.